The van der Waals surface area contributed by atoms with E-state index in [1.807, 2.05) is 12.1 Å². The van der Waals surface area contributed by atoms with Crippen LogP contribution in [0.25, 0.3) is 0 Å². The molecule has 0 bridgehead atoms. The van der Waals surface area contributed by atoms with Gasteiger partial charge in [-0.1, -0.05) is 15.9 Å². The second-order valence-electron chi connectivity index (χ2n) is 5.18. The van der Waals surface area contributed by atoms with Gasteiger partial charge < -0.3 is 10.1 Å². The molecule has 0 amide bonds. The Labute approximate surface area is 124 Å². The van der Waals surface area contributed by atoms with Gasteiger partial charge in [0, 0.05) is 23.6 Å². The molecule has 1 saturated heterocycles. The summed E-state index contributed by atoms with van der Waals surface area (Å²) < 4.78 is 6.40. The van der Waals surface area contributed by atoms with Gasteiger partial charge in [0.05, 0.1) is 7.11 Å². The van der Waals surface area contributed by atoms with Crippen molar-refractivity contribution in [2.24, 2.45) is 0 Å². The van der Waals surface area contributed by atoms with E-state index in [0.29, 0.717) is 6.04 Å². The van der Waals surface area contributed by atoms with Crippen molar-refractivity contribution >= 4 is 15.9 Å². The van der Waals surface area contributed by atoms with Gasteiger partial charge in [0.15, 0.2) is 0 Å². The fourth-order valence-corrected chi connectivity index (χ4v) is 2.93. The van der Waals surface area contributed by atoms with E-state index in [1.54, 1.807) is 7.11 Å². The zero-order chi connectivity index (χ0) is 13.7. The van der Waals surface area contributed by atoms with Gasteiger partial charge in [0.2, 0.25) is 0 Å². The summed E-state index contributed by atoms with van der Waals surface area (Å²) >= 11 is 3.59. The van der Waals surface area contributed by atoms with Crippen LogP contribution in [0.15, 0.2) is 22.7 Å². The first-order valence-corrected chi connectivity index (χ1v) is 7.77. The zero-order valence-corrected chi connectivity index (χ0v) is 13.4. The highest BCUT2D eigenvalue weighted by Gasteiger charge is 2.17. The van der Waals surface area contributed by atoms with Crippen molar-refractivity contribution in [3.05, 3.63) is 28.2 Å². The lowest BCUT2D eigenvalue weighted by molar-refractivity contribution is 0.251. The largest absolute Gasteiger partial charge is 0.497 e. The van der Waals surface area contributed by atoms with E-state index in [2.05, 4.69) is 39.1 Å². The first-order valence-electron chi connectivity index (χ1n) is 6.98. The van der Waals surface area contributed by atoms with Crippen LogP contribution in [0.5, 0.6) is 5.75 Å². The van der Waals surface area contributed by atoms with Gasteiger partial charge in [-0.15, -0.1) is 0 Å². The summed E-state index contributed by atoms with van der Waals surface area (Å²) in [7, 11) is 1.70. The van der Waals surface area contributed by atoms with Crippen molar-refractivity contribution in [2.45, 2.75) is 32.4 Å². The summed E-state index contributed by atoms with van der Waals surface area (Å²) in [6.45, 7) is 6.72. The molecule has 0 saturated carbocycles. The van der Waals surface area contributed by atoms with Crippen LogP contribution in [-0.4, -0.2) is 37.7 Å². The highest BCUT2D eigenvalue weighted by atomic mass is 79.9. The topological polar surface area (TPSA) is 24.5 Å². The average molecular weight is 327 g/mol. The van der Waals surface area contributed by atoms with Crippen molar-refractivity contribution in [1.29, 1.82) is 0 Å². The molecule has 0 aromatic heterocycles. The minimum Gasteiger partial charge on any atom is -0.497 e. The number of hydrogen-bond acceptors (Lipinski definition) is 3. The van der Waals surface area contributed by atoms with Crippen LogP contribution < -0.4 is 10.1 Å². The number of rotatable bonds is 6. The molecule has 0 spiro atoms. The smallest absolute Gasteiger partial charge is 0.119 e. The summed E-state index contributed by atoms with van der Waals surface area (Å²) in [4.78, 5) is 2.56. The van der Waals surface area contributed by atoms with E-state index in [9.17, 15) is 0 Å². The minimum atomic E-state index is 0.617. The van der Waals surface area contributed by atoms with Gasteiger partial charge in [-0.2, -0.15) is 0 Å². The number of ether oxygens (including phenoxy) is 1. The highest BCUT2D eigenvalue weighted by molar-refractivity contribution is 9.10. The zero-order valence-electron chi connectivity index (χ0n) is 11.8. The van der Waals surface area contributed by atoms with E-state index < -0.39 is 0 Å². The van der Waals surface area contributed by atoms with E-state index in [-0.39, 0.29) is 0 Å². The lowest BCUT2D eigenvalue weighted by atomic mass is 10.2. The van der Waals surface area contributed by atoms with Gasteiger partial charge in [-0.25, -0.2) is 0 Å². The number of likely N-dealkylation sites (tertiary alicyclic amines) is 1. The van der Waals surface area contributed by atoms with Crippen molar-refractivity contribution in [3.8, 4) is 5.75 Å². The first kappa shape index (κ1) is 14.8. The van der Waals surface area contributed by atoms with Crippen molar-refractivity contribution < 1.29 is 4.74 Å². The Kier molecular flexibility index (Phi) is 5.67. The summed E-state index contributed by atoms with van der Waals surface area (Å²) in [5, 5.41) is 3.54. The molecule has 0 radical (unpaired) electrons. The predicted molar refractivity (Wildman–Crippen MR) is 82.7 cm³/mol. The molecule has 1 heterocycles. The van der Waals surface area contributed by atoms with Crippen LogP contribution >= 0.6 is 15.9 Å². The summed E-state index contributed by atoms with van der Waals surface area (Å²) in [6.07, 6.45) is 2.71. The number of nitrogens with one attached hydrogen (secondary N) is 1. The molecule has 2 rings (SSSR count). The van der Waals surface area contributed by atoms with Crippen LogP contribution in [0.1, 0.15) is 25.3 Å². The molecule has 1 unspecified atom stereocenters. The monoisotopic (exact) mass is 326 g/mol. The number of hydrogen-bond donors (Lipinski definition) is 1. The van der Waals surface area contributed by atoms with Crippen LogP contribution in [0.2, 0.25) is 0 Å². The molecule has 1 aromatic carbocycles. The number of halogens is 1. The van der Waals surface area contributed by atoms with Crippen molar-refractivity contribution in [2.75, 3.05) is 26.7 Å². The Morgan fingerprint density at radius 3 is 2.79 bits per heavy atom. The normalized spacial score (nSPS) is 17.6. The summed E-state index contributed by atoms with van der Waals surface area (Å²) in [6, 6.07) is 6.71. The van der Waals surface area contributed by atoms with Crippen LogP contribution in [-0.2, 0) is 6.54 Å². The fourth-order valence-electron chi connectivity index (χ4n) is 2.54. The molecule has 0 aliphatic carbocycles. The van der Waals surface area contributed by atoms with Gasteiger partial charge in [-0.05, 0) is 56.6 Å². The molecule has 1 N–H and O–H groups in total. The minimum absolute atomic E-state index is 0.617. The maximum Gasteiger partial charge on any atom is 0.119 e. The molecular weight excluding hydrogens is 304 g/mol. The van der Waals surface area contributed by atoms with E-state index in [4.69, 9.17) is 4.74 Å². The maximum absolute atomic E-state index is 5.26. The van der Waals surface area contributed by atoms with Crippen molar-refractivity contribution in [1.82, 2.24) is 10.2 Å². The number of benzene rings is 1. The molecule has 3 nitrogen and oxygen atoms in total. The average Bonchev–Trinajstić information content (AvgIpc) is 2.95. The number of nitrogens with zero attached hydrogens (tertiary/aromatic N) is 1. The Balaban J connectivity index is 1.81. The third kappa shape index (κ3) is 4.20. The van der Waals surface area contributed by atoms with Crippen LogP contribution in [0, 0.1) is 0 Å². The summed E-state index contributed by atoms with van der Waals surface area (Å²) in [5.74, 6) is 0.910. The third-order valence-corrected chi connectivity index (χ3v) is 4.55. The first-order chi connectivity index (χ1) is 9.20. The standard InChI is InChI=1S/C15H23BrN2O/c1-12(18-7-3-4-8-18)10-17-11-13-9-14(19-2)5-6-15(13)16/h5-6,9,12,17H,3-4,7-8,10-11H2,1-2H3. The van der Waals surface area contributed by atoms with Gasteiger partial charge >= 0.3 is 0 Å². The molecule has 106 valence electrons. The van der Waals surface area contributed by atoms with Crippen LogP contribution in [0.4, 0.5) is 0 Å². The molecule has 1 aliphatic heterocycles. The molecule has 4 heteroatoms. The lowest BCUT2D eigenvalue weighted by Crippen LogP contribution is -2.38. The lowest BCUT2D eigenvalue weighted by Gasteiger charge is -2.24. The Morgan fingerprint density at radius 2 is 2.11 bits per heavy atom. The molecule has 19 heavy (non-hydrogen) atoms. The molecular formula is C15H23BrN2O. The molecule has 1 fully saturated rings. The van der Waals surface area contributed by atoms with Gasteiger partial charge in [0.25, 0.3) is 0 Å². The second kappa shape index (κ2) is 7.27. The maximum atomic E-state index is 5.26. The SMILES string of the molecule is COc1ccc(Br)c(CNCC(C)N2CCCC2)c1. The summed E-state index contributed by atoms with van der Waals surface area (Å²) in [5.41, 5.74) is 1.24. The van der Waals surface area contributed by atoms with E-state index >= 15 is 0 Å². The Hall–Kier alpha value is -0.580. The van der Waals surface area contributed by atoms with E-state index in [0.717, 1.165) is 23.3 Å². The molecule has 1 aromatic rings. The van der Waals surface area contributed by atoms with Gasteiger partial charge in [-0.3, -0.25) is 4.90 Å². The Bertz CT molecular complexity index is 405. The molecule has 1 aliphatic rings. The van der Waals surface area contributed by atoms with E-state index in [1.165, 1.54) is 31.5 Å². The molecule has 1 atom stereocenters. The van der Waals surface area contributed by atoms with Crippen LogP contribution in [0.3, 0.4) is 0 Å². The third-order valence-electron chi connectivity index (χ3n) is 3.77. The fraction of sp³-hybridized carbons (Fsp3) is 0.600. The van der Waals surface area contributed by atoms with Crippen molar-refractivity contribution in [3.63, 3.8) is 0 Å². The quantitative estimate of drug-likeness (QED) is 0.869. The second-order valence-corrected chi connectivity index (χ2v) is 6.03. The highest BCUT2D eigenvalue weighted by Crippen LogP contribution is 2.22. The predicted octanol–water partition coefficient (Wildman–Crippen LogP) is 3.03. The Morgan fingerprint density at radius 1 is 1.37 bits per heavy atom. The number of methoxy groups -OCH3 is 1. The van der Waals surface area contributed by atoms with Gasteiger partial charge in [0.1, 0.15) is 5.75 Å².